The number of nitrogens with zero attached hydrogens (tertiary/aromatic N) is 2. The largest absolute Gasteiger partial charge is 0.495 e. The van der Waals surface area contributed by atoms with Crippen LogP contribution in [0.5, 0.6) is 5.75 Å². The number of methoxy groups -OCH3 is 1. The highest BCUT2D eigenvalue weighted by atomic mass is 32.2. The summed E-state index contributed by atoms with van der Waals surface area (Å²) in [5.74, 6) is 0.0670. The van der Waals surface area contributed by atoms with Crippen molar-refractivity contribution in [3.63, 3.8) is 0 Å². The van der Waals surface area contributed by atoms with Crippen molar-refractivity contribution in [3.8, 4) is 5.75 Å². The zero-order valence-corrected chi connectivity index (χ0v) is 23.7. The van der Waals surface area contributed by atoms with Gasteiger partial charge in [-0.25, -0.2) is 8.42 Å². The van der Waals surface area contributed by atoms with Crippen molar-refractivity contribution in [2.75, 3.05) is 24.2 Å². The third-order valence-electron chi connectivity index (χ3n) is 6.37. The van der Waals surface area contributed by atoms with Crippen LogP contribution in [-0.2, 0) is 26.2 Å². The van der Waals surface area contributed by atoms with Gasteiger partial charge in [0, 0.05) is 25.6 Å². The average molecular weight is 532 g/mol. The van der Waals surface area contributed by atoms with Crippen LogP contribution < -0.4 is 14.4 Å². The van der Waals surface area contributed by atoms with Gasteiger partial charge >= 0.3 is 0 Å². The van der Waals surface area contributed by atoms with Gasteiger partial charge in [0.15, 0.2) is 0 Å². The normalized spacial score (nSPS) is 12.9. The van der Waals surface area contributed by atoms with Crippen LogP contribution in [0.2, 0.25) is 0 Å². The van der Waals surface area contributed by atoms with Gasteiger partial charge in [0.1, 0.15) is 11.8 Å². The molecule has 9 heteroatoms. The van der Waals surface area contributed by atoms with Crippen molar-refractivity contribution in [1.29, 1.82) is 0 Å². The summed E-state index contributed by atoms with van der Waals surface area (Å²) in [5, 5.41) is 3.00. The SMILES string of the molecule is CC[C@H](C)NC(=O)[C@H](CC)N(Cc1ccc(C)cc1)C(=O)CCCN(c1ccccc1OC)S(C)(=O)=O. The summed E-state index contributed by atoms with van der Waals surface area (Å²) in [6.07, 6.45) is 2.78. The van der Waals surface area contributed by atoms with Crippen LogP contribution in [0.4, 0.5) is 5.69 Å². The van der Waals surface area contributed by atoms with E-state index < -0.39 is 16.1 Å². The number of carbonyl (C=O) groups is 2. The van der Waals surface area contributed by atoms with E-state index in [1.165, 1.54) is 11.4 Å². The maximum Gasteiger partial charge on any atom is 0.243 e. The molecule has 0 aromatic heterocycles. The Labute approximate surface area is 222 Å². The number of carbonyl (C=O) groups excluding carboxylic acids is 2. The fourth-order valence-electron chi connectivity index (χ4n) is 4.07. The number of aryl methyl sites for hydroxylation is 1. The van der Waals surface area contributed by atoms with Crippen LogP contribution in [-0.4, -0.2) is 57.1 Å². The van der Waals surface area contributed by atoms with E-state index in [1.807, 2.05) is 52.0 Å². The van der Waals surface area contributed by atoms with E-state index in [2.05, 4.69) is 5.32 Å². The Morgan fingerprint density at radius 1 is 1.03 bits per heavy atom. The first-order valence-corrected chi connectivity index (χ1v) is 14.6. The van der Waals surface area contributed by atoms with Gasteiger partial charge in [-0.05, 0) is 50.8 Å². The van der Waals surface area contributed by atoms with Crippen molar-refractivity contribution in [2.45, 2.75) is 72.0 Å². The number of benzene rings is 2. The quantitative estimate of drug-likeness (QED) is 0.393. The number of amides is 2. The van der Waals surface area contributed by atoms with Crippen molar-refractivity contribution in [2.24, 2.45) is 0 Å². The van der Waals surface area contributed by atoms with Crippen LogP contribution in [0, 0.1) is 6.92 Å². The van der Waals surface area contributed by atoms with Crippen LogP contribution in [0.3, 0.4) is 0 Å². The lowest BCUT2D eigenvalue weighted by molar-refractivity contribution is -0.141. The fourth-order valence-corrected chi connectivity index (χ4v) is 5.04. The van der Waals surface area contributed by atoms with Crippen molar-refractivity contribution in [3.05, 3.63) is 59.7 Å². The highest BCUT2D eigenvalue weighted by Crippen LogP contribution is 2.29. The molecule has 0 unspecified atom stereocenters. The predicted molar refractivity (Wildman–Crippen MR) is 148 cm³/mol. The minimum atomic E-state index is -3.61. The van der Waals surface area contributed by atoms with Gasteiger partial charge in [0.25, 0.3) is 0 Å². The number of hydrogen-bond acceptors (Lipinski definition) is 5. The zero-order chi connectivity index (χ0) is 27.6. The van der Waals surface area contributed by atoms with E-state index in [9.17, 15) is 18.0 Å². The first-order valence-electron chi connectivity index (χ1n) is 12.8. The van der Waals surface area contributed by atoms with Crippen LogP contribution in [0.15, 0.2) is 48.5 Å². The number of nitrogens with one attached hydrogen (secondary N) is 1. The molecule has 2 atom stereocenters. The molecule has 2 rings (SSSR count). The molecule has 0 radical (unpaired) electrons. The number of ether oxygens (including phenoxy) is 1. The average Bonchev–Trinajstić information content (AvgIpc) is 2.86. The fraction of sp³-hybridized carbons (Fsp3) is 0.500. The van der Waals surface area contributed by atoms with Crippen molar-refractivity contribution in [1.82, 2.24) is 10.2 Å². The summed E-state index contributed by atoms with van der Waals surface area (Å²) in [6.45, 7) is 8.23. The minimum absolute atomic E-state index is 0.00190. The maximum absolute atomic E-state index is 13.5. The molecule has 0 bridgehead atoms. The molecular weight excluding hydrogens is 490 g/mol. The van der Waals surface area contributed by atoms with Crippen LogP contribution >= 0.6 is 0 Å². The summed E-state index contributed by atoms with van der Waals surface area (Å²) in [4.78, 5) is 28.2. The van der Waals surface area contributed by atoms with Crippen LogP contribution in [0.25, 0.3) is 0 Å². The molecule has 204 valence electrons. The van der Waals surface area contributed by atoms with Gasteiger partial charge < -0.3 is 15.0 Å². The molecule has 0 aliphatic heterocycles. The molecule has 37 heavy (non-hydrogen) atoms. The van der Waals surface area contributed by atoms with Gasteiger partial charge in [-0.1, -0.05) is 55.8 Å². The first-order chi connectivity index (χ1) is 17.5. The lowest BCUT2D eigenvalue weighted by Gasteiger charge is -2.32. The lowest BCUT2D eigenvalue weighted by atomic mass is 10.1. The van der Waals surface area contributed by atoms with Gasteiger partial charge in [-0.3, -0.25) is 13.9 Å². The summed E-state index contributed by atoms with van der Waals surface area (Å²) in [6, 6.07) is 14.2. The smallest absolute Gasteiger partial charge is 0.243 e. The van der Waals surface area contributed by atoms with Gasteiger partial charge in [-0.15, -0.1) is 0 Å². The van der Waals surface area contributed by atoms with Crippen molar-refractivity contribution < 1.29 is 22.7 Å². The van der Waals surface area contributed by atoms with E-state index in [4.69, 9.17) is 4.74 Å². The molecule has 1 N–H and O–H groups in total. The van der Waals surface area contributed by atoms with Crippen molar-refractivity contribution >= 4 is 27.5 Å². The third kappa shape index (κ3) is 8.77. The monoisotopic (exact) mass is 531 g/mol. The Morgan fingerprint density at radius 2 is 1.68 bits per heavy atom. The summed E-state index contributed by atoms with van der Waals surface area (Å²) in [5.41, 5.74) is 2.47. The topological polar surface area (TPSA) is 96.0 Å². The van der Waals surface area contributed by atoms with E-state index in [0.717, 1.165) is 23.8 Å². The molecule has 2 aromatic carbocycles. The number of anilines is 1. The number of sulfonamides is 1. The molecule has 0 spiro atoms. The van der Waals surface area contributed by atoms with Gasteiger partial charge in [0.2, 0.25) is 21.8 Å². The Hall–Kier alpha value is -3.07. The third-order valence-corrected chi connectivity index (χ3v) is 7.55. The zero-order valence-electron chi connectivity index (χ0n) is 22.9. The molecule has 8 nitrogen and oxygen atoms in total. The number of rotatable bonds is 14. The highest BCUT2D eigenvalue weighted by molar-refractivity contribution is 7.92. The Balaban J connectivity index is 2.24. The molecule has 0 aliphatic rings. The Morgan fingerprint density at radius 3 is 2.24 bits per heavy atom. The number of hydrogen-bond donors (Lipinski definition) is 1. The van der Waals surface area contributed by atoms with E-state index in [1.54, 1.807) is 29.2 Å². The maximum atomic E-state index is 13.5. The summed E-state index contributed by atoms with van der Waals surface area (Å²) >= 11 is 0. The molecule has 0 aliphatic carbocycles. The molecule has 0 saturated carbocycles. The van der Waals surface area contributed by atoms with Gasteiger partial charge in [0.05, 0.1) is 19.1 Å². The molecule has 0 heterocycles. The van der Waals surface area contributed by atoms with Crippen LogP contribution in [0.1, 0.15) is 57.6 Å². The van der Waals surface area contributed by atoms with E-state index >= 15 is 0 Å². The Kier molecular flexibility index (Phi) is 11.4. The standard InChI is InChI=1S/C28H41N3O5S/c1-7-22(4)29-28(33)24(8-2)30(20-23-17-15-21(3)16-18-23)27(32)14-11-19-31(37(6,34)35)25-12-9-10-13-26(25)36-5/h9-10,12-13,15-18,22,24H,7-8,11,14,19-20H2,1-6H3,(H,29,33)/t22-,24-/m0/s1. The molecule has 2 amide bonds. The molecule has 0 saturated heterocycles. The highest BCUT2D eigenvalue weighted by Gasteiger charge is 2.29. The van der Waals surface area contributed by atoms with Gasteiger partial charge in [-0.2, -0.15) is 0 Å². The number of para-hydroxylation sites is 2. The summed E-state index contributed by atoms with van der Waals surface area (Å²) in [7, 11) is -2.12. The molecule has 2 aromatic rings. The van der Waals surface area contributed by atoms with E-state index in [0.29, 0.717) is 24.4 Å². The second-order valence-electron chi connectivity index (χ2n) is 9.36. The first kappa shape index (κ1) is 30.2. The minimum Gasteiger partial charge on any atom is -0.495 e. The lowest BCUT2D eigenvalue weighted by Crippen LogP contribution is -2.50. The van der Waals surface area contributed by atoms with E-state index in [-0.39, 0.29) is 37.2 Å². The second-order valence-corrected chi connectivity index (χ2v) is 11.3. The Bertz CT molecular complexity index is 1130. The predicted octanol–water partition coefficient (Wildman–Crippen LogP) is 4.27. The molecular formula is C28H41N3O5S. The molecule has 0 fully saturated rings. The second kappa shape index (κ2) is 14.0. The summed E-state index contributed by atoms with van der Waals surface area (Å²) < 4.78 is 31.8.